The summed E-state index contributed by atoms with van der Waals surface area (Å²) in [5, 5.41) is 11.2. The van der Waals surface area contributed by atoms with Crippen molar-refractivity contribution in [2.24, 2.45) is 0 Å². The largest absolute Gasteiger partial charge is 0.490 e. The van der Waals surface area contributed by atoms with Crippen LogP contribution < -0.4 is 9.47 Å². The fourth-order valence-electron chi connectivity index (χ4n) is 1.90. The van der Waals surface area contributed by atoms with Crippen LogP contribution in [0.4, 0.5) is 5.69 Å². The van der Waals surface area contributed by atoms with E-state index in [1.54, 1.807) is 13.8 Å². The molecule has 0 aromatic heterocycles. The molecule has 0 radical (unpaired) electrons. The van der Waals surface area contributed by atoms with Gasteiger partial charge in [-0.15, -0.1) is 0 Å². The van der Waals surface area contributed by atoms with Crippen molar-refractivity contribution in [3.8, 4) is 11.5 Å². The molecule has 0 aliphatic rings. The number of carbonyl (C=O) groups is 1. The van der Waals surface area contributed by atoms with Crippen molar-refractivity contribution >= 4 is 24.3 Å². The van der Waals surface area contributed by atoms with Gasteiger partial charge in [-0.05, 0) is 32.1 Å². The minimum atomic E-state index is -0.547. The van der Waals surface area contributed by atoms with Crippen LogP contribution in [0, 0.1) is 10.1 Å². The number of thiol groups is 1. The van der Waals surface area contributed by atoms with Crippen molar-refractivity contribution < 1.29 is 23.9 Å². The smallest absolute Gasteiger partial charge is 0.310 e. The first-order valence-electron chi connectivity index (χ1n) is 7.36. The van der Waals surface area contributed by atoms with Crippen LogP contribution in [-0.2, 0) is 16.0 Å². The van der Waals surface area contributed by atoms with Gasteiger partial charge in [0.25, 0.3) is 5.69 Å². The van der Waals surface area contributed by atoms with Crippen molar-refractivity contribution in [2.75, 3.05) is 25.6 Å². The molecule has 0 amide bonds. The van der Waals surface area contributed by atoms with Gasteiger partial charge < -0.3 is 14.2 Å². The molecule has 1 aromatic carbocycles. The Balaban J connectivity index is 3.05. The van der Waals surface area contributed by atoms with Crippen molar-refractivity contribution in [1.29, 1.82) is 0 Å². The molecular weight excluding hydrogens is 322 g/mol. The van der Waals surface area contributed by atoms with Crippen molar-refractivity contribution in [2.45, 2.75) is 26.7 Å². The summed E-state index contributed by atoms with van der Waals surface area (Å²) in [4.78, 5) is 22.5. The van der Waals surface area contributed by atoms with Gasteiger partial charge in [-0.2, -0.15) is 12.6 Å². The minimum absolute atomic E-state index is 0.192. The fourth-order valence-corrected chi connectivity index (χ4v) is 2.03. The first-order chi connectivity index (χ1) is 11.0. The van der Waals surface area contributed by atoms with E-state index in [1.807, 2.05) is 0 Å². The molecule has 0 aliphatic carbocycles. The van der Waals surface area contributed by atoms with Crippen LogP contribution in [0.25, 0.3) is 0 Å². The van der Waals surface area contributed by atoms with Crippen LogP contribution in [0.2, 0.25) is 0 Å². The van der Waals surface area contributed by atoms with E-state index in [1.165, 1.54) is 12.1 Å². The van der Waals surface area contributed by atoms with Gasteiger partial charge in [0.05, 0.1) is 37.2 Å². The maximum Gasteiger partial charge on any atom is 0.310 e. The second-order valence-electron chi connectivity index (χ2n) is 4.53. The van der Waals surface area contributed by atoms with E-state index in [-0.39, 0.29) is 30.0 Å². The lowest BCUT2D eigenvalue weighted by atomic mass is 10.1. The lowest BCUT2D eigenvalue weighted by molar-refractivity contribution is -0.385. The third-order valence-electron chi connectivity index (χ3n) is 2.84. The predicted molar refractivity (Wildman–Crippen MR) is 88.6 cm³/mol. The van der Waals surface area contributed by atoms with E-state index >= 15 is 0 Å². The molecule has 0 unspecified atom stereocenters. The molecule has 1 rings (SSSR count). The highest BCUT2D eigenvalue weighted by Crippen LogP contribution is 2.35. The molecule has 128 valence electrons. The summed E-state index contributed by atoms with van der Waals surface area (Å²) < 4.78 is 15.8. The van der Waals surface area contributed by atoms with Gasteiger partial charge in [0.15, 0.2) is 11.5 Å². The number of ether oxygens (including phenoxy) is 3. The van der Waals surface area contributed by atoms with E-state index in [2.05, 4.69) is 12.6 Å². The molecule has 0 bridgehead atoms. The van der Waals surface area contributed by atoms with Crippen LogP contribution >= 0.6 is 12.6 Å². The van der Waals surface area contributed by atoms with E-state index in [4.69, 9.17) is 14.2 Å². The van der Waals surface area contributed by atoms with Gasteiger partial charge in [-0.3, -0.25) is 14.9 Å². The third kappa shape index (κ3) is 5.97. The van der Waals surface area contributed by atoms with Crippen LogP contribution in [0.3, 0.4) is 0 Å². The Morgan fingerprint density at radius 2 is 1.83 bits per heavy atom. The normalized spacial score (nSPS) is 10.2. The van der Waals surface area contributed by atoms with Crippen LogP contribution in [0.1, 0.15) is 25.8 Å². The molecule has 8 heteroatoms. The maximum absolute atomic E-state index is 11.8. The van der Waals surface area contributed by atoms with E-state index in [0.29, 0.717) is 31.1 Å². The number of nitrogens with zero attached hydrogens (tertiary/aromatic N) is 1. The zero-order valence-electron chi connectivity index (χ0n) is 13.2. The standard InChI is InChI=1S/C15H21NO6S/c1-3-20-13-8-11(9-15(17)22-6-5-7-23)12(16(18)19)10-14(13)21-4-2/h8,10,23H,3-7,9H2,1-2H3. The highest BCUT2D eigenvalue weighted by molar-refractivity contribution is 7.80. The zero-order chi connectivity index (χ0) is 17.2. The Kier molecular flexibility index (Phi) is 8.25. The lowest BCUT2D eigenvalue weighted by Gasteiger charge is -2.13. The van der Waals surface area contributed by atoms with Gasteiger partial charge in [-0.25, -0.2) is 0 Å². The molecule has 0 heterocycles. The summed E-state index contributed by atoms with van der Waals surface area (Å²) in [6.45, 7) is 4.54. The molecule has 0 fully saturated rings. The van der Waals surface area contributed by atoms with Crippen LogP contribution in [0.5, 0.6) is 11.5 Å². The average molecular weight is 343 g/mol. The van der Waals surface area contributed by atoms with E-state index in [9.17, 15) is 14.9 Å². The molecule has 0 saturated carbocycles. The number of rotatable bonds is 10. The highest BCUT2D eigenvalue weighted by Gasteiger charge is 2.22. The van der Waals surface area contributed by atoms with Crippen molar-refractivity contribution in [1.82, 2.24) is 0 Å². The van der Waals surface area contributed by atoms with Gasteiger partial charge in [-0.1, -0.05) is 0 Å². The van der Waals surface area contributed by atoms with Gasteiger partial charge in [0.1, 0.15) is 0 Å². The van der Waals surface area contributed by atoms with Gasteiger partial charge in [0, 0.05) is 5.56 Å². The summed E-state index contributed by atoms with van der Waals surface area (Å²) in [5.41, 5.74) is 0.0424. The number of esters is 1. The Morgan fingerprint density at radius 3 is 2.35 bits per heavy atom. The summed E-state index contributed by atoms with van der Waals surface area (Å²) in [5.74, 6) is 0.734. The number of nitro groups is 1. The zero-order valence-corrected chi connectivity index (χ0v) is 14.1. The SMILES string of the molecule is CCOc1cc(CC(=O)OCCCS)c([N+](=O)[O-])cc1OCC. The predicted octanol–water partition coefficient (Wildman–Crippen LogP) is 2.80. The Hall–Kier alpha value is -1.96. The summed E-state index contributed by atoms with van der Waals surface area (Å²) in [6, 6.07) is 2.75. The molecule has 1 aromatic rings. The van der Waals surface area contributed by atoms with Crippen LogP contribution in [-0.4, -0.2) is 36.5 Å². The molecule has 0 spiro atoms. The molecule has 0 N–H and O–H groups in total. The summed E-state index contributed by atoms with van der Waals surface area (Å²) in [7, 11) is 0. The van der Waals surface area contributed by atoms with E-state index < -0.39 is 10.9 Å². The highest BCUT2D eigenvalue weighted by atomic mass is 32.1. The maximum atomic E-state index is 11.8. The second kappa shape index (κ2) is 9.94. The fraction of sp³-hybridized carbons (Fsp3) is 0.533. The van der Waals surface area contributed by atoms with Crippen molar-refractivity contribution in [3.63, 3.8) is 0 Å². The third-order valence-corrected chi connectivity index (χ3v) is 3.16. The summed E-state index contributed by atoms with van der Waals surface area (Å²) in [6.07, 6.45) is 0.430. The number of hydrogen-bond donors (Lipinski definition) is 1. The quantitative estimate of drug-likeness (QED) is 0.231. The molecule has 0 saturated heterocycles. The minimum Gasteiger partial charge on any atom is -0.490 e. The average Bonchev–Trinajstić information content (AvgIpc) is 2.50. The Labute approximate surface area is 140 Å². The number of nitro benzene ring substituents is 1. The number of hydrogen-bond acceptors (Lipinski definition) is 7. The molecule has 0 aliphatic heterocycles. The lowest BCUT2D eigenvalue weighted by Crippen LogP contribution is -2.11. The Morgan fingerprint density at radius 1 is 1.22 bits per heavy atom. The van der Waals surface area contributed by atoms with Gasteiger partial charge in [0.2, 0.25) is 0 Å². The topological polar surface area (TPSA) is 87.9 Å². The van der Waals surface area contributed by atoms with E-state index in [0.717, 1.165) is 0 Å². The molecule has 7 nitrogen and oxygen atoms in total. The first-order valence-corrected chi connectivity index (χ1v) is 8.00. The second-order valence-corrected chi connectivity index (χ2v) is 4.97. The monoisotopic (exact) mass is 343 g/mol. The molecular formula is C15H21NO6S. The van der Waals surface area contributed by atoms with Crippen LogP contribution in [0.15, 0.2) is 12.1 Å². The molecule has 0 atom stereocenters. The molecule has 23 heavy (non-hydrogen) atoms. The first kappa shape index (κ1) is 19.1. The number of carbonyl (C=O) groups excluding carboxylic acids is 1. The van der Waals surface area contributed by atoms with Crippen molar-refractivity contribution in [3.05, 3.63) is 27.8 Å². The number of benzene rings is 1. The Bertz CT molecular complexity index is 549. The van der Waals surface area contributed by atoms with Gasteiger partial charge >= 0.3 is 5.97 Å². The summed E-state index contributed by atoms with van der Waals surface area (Å²) >= 11 is 4.02.